The van der Waals surface area contributed by atoms with Gasteiger partial charge in [0.05, 0.1) is 4.92 Å². The van der Waals surface area contributed by atoms with Crippen molar-refractivity contribution < 1.29 is 9.72 Å². The molecule has 1 aromatic carbocycles. The molecule has 0 unspecified atom stereocenters. The van der Waals surface area contributed by atoms with Crippen molar-refractivity contribution in [2.24, 2.45) is 0 Å². The van der Waals surface area contributed by atoms with Gasteiger partial charge in [0.2, 0.25) is 0 Å². The van der Waals surface area contributed by atoms with Crippen LogP contribution in [-0.2, 0) is 0 Å². The van der Waals surface area contributed by atoms with Crippen LogP contribution in [0.5, 0.6) is 0 Å². The van der Waals surface area contributed by atoms with Crippen LogP contribution in [-0.4, -0.2) is 23.8 Å². The van der Waals surface area contributed by atoms with E-state index < -0.39 is 4.92 Å². The van der Waals surface area contributed by atoms with Crippen LogP contribution in [0.1, 0.15) is 24.2 Å². The Morgan fingerprint density at radius 2 is 2.17 bits per heavy atom. The van der Waals surface area contributed by atoms with E-state index in [1.807, 2.05) is 18.7 Å². The molecule has 5 nitrogen and oxygen atoms in total. The minimum Gasteiger partial charge on any atom is -0.360 e. The molecule has 0 amide bonds. The third-order valence-corrected chi connectivity index (χ3v) is 2.59. The average molecular weight is 248 g/mol. The lowest BCUT2D eigenvalue weighted by Gasteiger charge is -2.27. The van der Waals surface area contributed by atoms with Gasteiger partial charge in [0, 0.05) is 24.2 Å². The molecule has 0 radical (unpaired) electrons. The highest BCUT2D eigenvalue weighted by molar-refractivity contribution is 5.79. The number of nitrogens with zero attached hydrogens (tertiary/aromatic N) is 2. The second-order valence-corrected chi connectivity index (χ2v) is 4.16. The summed E-state index contributed by atoms with van der Waals surface area (Å²) in [5, 5.41) is 11.1. The molecule has 0 aliphatic carbocycles. The molecule has 0 saturated heterocycles. The fourth-order valence-corrected chi connectivity index (χ4v) is 1.73. The highest BCUT2D eigenvalue weighted by Crippen LogP contribution is 2.30. The van der Waals surface area contributed by atoms with Crippen molar-refractivity contribution in [3.63, 3.8) is 0 Å². The molecule has 0 heterocycles. The van der Waals surface area contributed by atoms with Crippen molar-refractivity contribution >= 4 is 17.7 Å². The van der Waals surface area contributed by atoms with Gasteiger partial charge in [-0.25, -0.2) is 0 Å². The number of carbonyl (C=O) groups is 1. The first-order chi connectivity index (χ1) is 8.51. The van der Waals surface area contributed by atoms with Crippen LogP contribution in [0.15, 0.2) is 30.9 Å². The number of hydrogen-bond donors (Lipinski definition) is 0. The predicted octanol–water partition coefficient (Wildman–Crippen LogP) is 2.81. The van der Waals surface area contributed by atoms with Gasteiger partial charge in [0.25, 0.3) is 5.69 Å². The zero-order valence-electron chi connectivity index (χ0n) is 10.5. The maximum Gasteiger partial charge on any atom is 0.293 e. The summed E-state index contributed by atoms with van der Waals surface area (Å²) in [6.07, 6.45) is 2.29. The quantitative estimate of drug-likeness (QED) is 0.336. The Morgan fingerprint density at radius 3 is 2.61 bits per heavy atom. The molecule has 0 spiro atoms. The number of aldehydes is 1. The molecule has 0 aromatic heterocycles. The number of hydrogen-bond acceptors (Lipinski definition) is 4. The van der Waals surface area contributed by atoms with Crippen LogP contribution in [0, 0.1) is 10.1 Å². The summed E-state index contributed by atoms with van der Waals surface area (Å²) in [6.45, 7) is 8.05. The van der Waals surface area contributed by atoms with Gasteiger partial charge in [-0.2, -0.15) is 0 Å². The molecule has 0 aliphatic heterocycles. The Hall–Kier alpha value is -2.17. The van der Waals surface area contributed by atoms with E-state index in [2.05, 4.69) is 6.58 Å². The van der Waals surface area contributed by atoms with E-state index in [4.69, 9.17) is 0 Å². The van der Waals surface area contributed by atoms with E-state index in [1.165, 1.54) is 6.07 Å². The van der Waals surface area contributed by atoms with Crippen molar-refractivity contribution in [1.29, 1.82) is 0 Å². The van der Waals surface area contributed by atoms with E-state index in [-0.39, 0.29) is 11.7 Å². The summed E-state index contributed by atoms with van der Waals surface area (Å²) in [4.78, 5) is 23.1. The minimum atomic E-state index is -0.471. The van der Waals surface area contributed by atoms with Crippen molar-refractivity contribution in [3.8, 4) is 0 Å². The van der Waals surface area contributed by atoms with Gasteiger partial charge in [-0.05, 0) is 26.0 Å². The number of carbonyl (C=O) groups excluding carboxylic acids is 1. The Labute approximate surface area is 106 Å². The molecule has 96 valence electrons. The molecule has 18 heavy (non-hydrogen) atoms. The van der Waals surface area contributed by atoms with Crippen LogP contribution in [0.3, 0.4) is 0 Å². The highest BCUT2D eigenvalue weighted by atomic mass is 16.6. The van der Waals surface area contributed by atoms with Crippen molar-refractivity contribution in [3.05, 3.63) is 46.5 Å². The summed E-state index contributed by atoms with van der Waals surface area (Å²) in [6, 6.07) is 4.57. The first-order valence-electron chi connectivity index (χ1n) is 5.62. The van der Waals surface area contributed by atoms with E-state index in [0.29, 0.717) is 24.1 Å². The fraction of sp³-hybridized carbons (Fsp3) is 0.308. The van der Waals surface area contributed by atoms with Gasteiger partial charge < -0.3 is 4.90 Å². The molecule has 1 aromatic rings. The lowest BCUT2D eigenvalue weighted by Crippen LogP contribution is -2.31. The minimum absolute atomic E-state index is 0.0600. The number of nitro benzene ring substituents is 1. The van der Waals surface area contributed by atoms with Crippen LogP contribution in [0.25, 0.3) is 0 Å². The van der Waals surface area contributed by atoms with E-state index in [1.54, 1.807) is 18.2 Å². The molecule has 0 fully saturated rings. The predicted molar refractivity (Wildman–Crippen MR) is 71.2 cm³/mol. The fourth-order valence-electron chi connectivity index (χ4n) is 1.73. The van der Waals surface area contributed by atoms with Crippen molar-refractivity contribution in [2.75, 3.05) is 11.4 Å². The van der Waals surface area contributed by atoms with Gasteiger partial charge in [0.1, 0.15) is 12.0 Å². The van der Waals surface area contributed by atoms with Gasteiger partial charge in [-0.3, -0.25) is 14.9 Å². The van der Waals surface area contributed by atoms with E-state index in [0.717, 1.165) is 0 Å². The molecule has 0 atom stereocenters. The standard InChI is InChI=1S/C13H16N2O3/c1-4-7-14(10(2)3)12-6-5-11(9-16)8-13(12)15(17)18/h4-6,8-10H,1,7H2,2-3H3. The first kappa shape index (κ1) is 13.9. The first-order valence-corrected chi connectivity index (χ1v) is 5.62. The van der Waals surface area contributed by atoms with E-state index in [9.17, 15) is 14.9 Å². The number of anilines is 1. The summed E-state index contributed by atoms with van der Waals surface area (Å²) >= 11 is 0. The topological polar surface area (TPSA) is 63.5 Å². The Kier molecular flexibility index (Phi) is 4.59. The lowest BCUT2D eigenvalue weighted by atomic mass is 10.1. The number of benzene rings is 1. The molecule has 0 bridgehead atoms. The summed E-state index contributed by atoms with van der Waals surface area (Å²) in [7, 11) is 0. The second kappa shape index (κ2) is 5.95. The average Bonchev–Trinajstić information content (AvgIpc) is 2.34. The molecule has 0 aliphatic rings. The summed E-state index contributed by atoms with van der Waals surface area (Å²) < 4.78 is 0. The number of nitro groups is 1. The molecule has 5 heteroatoms. The monoisotopic (exact) mass is 248 g/mol. The molecule has 0 saturated carbocycles. The highest BCUT2D eigenvalue weighted by Gasteiger charge is 2.21. The zero-order chi connectivity index (χ0) is 13.7. The van der Waals surface area contributed by atoms with Gasteiger partial charge in [-0.1, -0.05) is 6.08 Å². The SMILES string of the molecule is C=CCN(c1ccc(C=O)cc1[N+](=O)[O-])C(C)C. The van der Waals surface area contributed by atoms with Gasteiger partial charge >= 0.3 is 0 Å². The smallest absolute Gasteiger partial charge is 0.293 e. The Bertz CT molecular complexity index is 469. The molecular weight excluding hydrogens is 232 g/mol. The summed E-state index contributed by atoms with van der Waals surface area (Å²) in [5.41, 5.74) is 0.739. The van der Waals surface area contributed by atoms with Crippen molar-refractivity contribution in [2.45, 2.75) is 19.9 Å². The van der Waals surface area contributed by atoms with Crippen LogP contribution < -0.4 is 4.90 Å². The Morgan fingerprint density at radius 1 is 1.50 bits per heavy atom. The summed E-state index contributed by atoms with van der Waals surface area (Å²) in [5.74, 6) is 0. The third-order valence-electron chi connectivity index (χ3n) is 2.59. The van der Waals surface area contributed by atoms with Crippen LogP contribution in [0.2, 0.25) is 0 Å². The Balaban J connectivity index is 3.32. The number of rotatable bonds is 6. The van der Waals surface area contributed by atoms with E-state index >= 15 is 0 Å². The van der Waals surface area contributed by atoms with Crippen LogP contribution in [0.4, 0.5) is 11.4 Å². The van der Waals surface area contributed by atoms with Crippen molar-refractivity contribution in [1.82, 2.24) is 0 Å². The molecular formula is C13H16N2O3. The maximum atomic E-state index is 11.1. The largest absolute Gasteiger partial charge is 0.360 e. The lowest BCUT2D eigenvalue weighted by molar-refractivity contribution is -0.384. The molecule has 1 rings (SSSR count). The van der Waals surface area contributed by atoms with Gasteiger partial charge in [0.15, 0.2) is 0 Å². The maximum absolute atomic E-state index is 11.1. The normalized spacial score (nSPS) is 10.2. The van der Waals surface area contributed by atoms with Crippen LogP contribution >= 0.6 is 0 Å². The second-order valence-electron chi connectivity index (χ2n) is 4.16. The zero-order valence-corrected chi connectivity index (χ0v) is 10.5. The third kappa shape index (κ3) is 2.94. The van der Waals surface area contributed by atoms with Gasteiger partial charge in [-0.15, -0.1) is 6.58 Å². The molecule has 0 N–H and O–H groups in total.